The van der Waals surface area contributed by atoms with Gasteiger partial charge in [0.25, 0.3) is 0 Å². The Morgan fingerprint density at radius 2 is 1.87 bits per heavy atom. The second kappa shape index (κ2) is 8.56. The van der Waals surface area contributed by atoms with Crippen LogP contribution in [0.5, 0.6) is 0 Å². The molecular formula is C18H29N3O2. The maximum Gasteiger partial charge on any atom is 0.322 e. The van der Waals surface area contributed by atoms with Crippen LogP contribution in [0.1, 0.15) is 40.2 Å². The summed E-state index contributed by atoms with van der Waals surface area (Å²) in [6.07, 6.45) is 0. The molecule has 1 N–H and O–H groups in total. The van der Waals surface area contributed by atoms with E-state index in [9.17, 15) is 9.59 Å². The first-order chi connectivity index (χ1) is 10.8. The van der Waals surface area contributed by atoms with Crippen LogP contribution in [0.25, 0.3) is 0 Å². The molecule has 1 aromatic carbocycles. The Hall–Kier alpha value is -2.04. The lowest BCUT2D eigenvalue weighted by Crippen LogP contribution is -2.43. The van der Waals surface area contributed by atoms with E-state index >= 15 is 0 Å². The molecule has 128 valence electrons. The van der Waals surface area contributed by atoms with Crippen molar-refractivity contribution in [2.75, 3.05) is 18.9 Å². The van der Waals surface area contributed by atoms with E-state index in [4.69, 9.17) is 0 Å². The van der Waals surface area contributed by atoms with Crippen molar-refractivity contribution in [3.8, 4) is 0 Å². The minimum Gasteiger partial charge on any atom is -0.342 e. The first-order valence-electron chi connectivity index (χ1n) is 8.14. The molecule has 3 amide bonds. The standard InChI is InChI=1S/C18H29N3O2/c1-7-21(14(4)13(2)3)18(23)19-17-10-8-9-16(11-17)12-20(6)15(5)22/h8-11,13-14H,7,12H2,1-6H3,(H,19,23)/t14-/m0/s1. The summed E-state index contributed by atoms with van der Waals surface area (Å²) in [5, 5.41) is 2.96. The molecule has 0 aliphatic carbocycles. The molecule has 0 saturated heterocycles. The van der Waals surface area contributed by atoms with Gasteiger partial charge in [-0.2, -0.15) is 0 Å². The average Bonchev–Trinajstić information content (AvgIpc) is 2.47. The molecule has 0 spiro atoms. The molecule has 1 rings (SSSR count). The fourth-order valence-corrected chi connectivity index (χ4v) is 2.30. The maximum absolute atomic E-state index is 12.5. The number of benzene rings is 1. The lowest BCUT2D eigenvalue weighted by atomic mass is 10.1. The normalized spacial score (nSPS) is 12.0. The summed E-state index contributed by atoms with van der Waals surface area (Å²) in [6.45, 7) is 11.0. The fourth-order valence-electron chi connectivity index (χ4n) is 2.30. The van der Waals surface area contributed by atoms with Crippen molar-refractivity contribution in [1.82, 2.24) is 9.80 Å². The van der Waals surface area contributed by atoms with Gasteiger partial charge in [0.2, 0.25) is 5.91 Å². The second-order valence-corrected chi connectivity index (χ2v) is 6.28. The molecule has 0 aromatic heterocycles. The van der Waals surface area contributed by atoms with E-state index in [1.165, 1.54) is 6.92 Å². The minimum atomic E-state index is -0.0919. The molecule has 5 nitrogen and oxygen atoms in total. The van der Waals surface area contributed by atoms with Crippen molar-refractivity contribution in [2.24, 2.45) is 5.92 Å². The van der Waals surface area contributed by atoms with Crippen molar-refractivity contribution < 1.29 is 9.59 Å². The lowest BCUT2D eigenvalue weighted by Gasteiger charge is -2.31. The van der Waals surface area contributed by atoms with E-state index in [1.807, 2.05) is 36.1 Å². The molecule has 0 aliphatic rings. The summed E-state index contributed by atoms with van der Waals surface area (Å²) in [4.78, 5) is 27.3. The highest BCUT2D eigenvalue weighted by Crippen LogP contribution is 2.16. The van der Waals surface area contributed by atoms with E-state index in [-0.39, 0.29) is 18.0 Å². The Labute approximate surface area is 139 Å². The van der Waals surface area contributed by atoms with Gasteiger partial charge in [-0.25, -0.2) is 4.79 Å². The Bertz CT molecular complexity index is 543. The number of amides is 3. The highest BCUT2D eigenvalue weighted by molar-refractivity contribution is 5.89. The number of anilines is 1. The van der Waals surface area contributed by atoms with Gasteiger partial charge in [0, 0.05) is 38.8 Å². The van der Waals surface area contributed by atoms with Crippen molar-refractivity contribution in [1.29, 1.82) is 0 Å². The van der Waals surface area contributed by atoms with Crippen molar-refractivity contribution in [3.63, 3.8) is 0 Å². The molecule has 0 radical (unpaired) electrons. The molecule has 5 heteroatoms. The lowest BCUT2D eigenvalue weighted by molar-refractivity contribution is -0.128. The molecule has 0 fully saturated rings. The summed E-state index contributed by atoms with van der Waals surface area (Å²) >= 11 is 0. The third kappa shape index (κ3) is 5.58. The Morgan fingerprint density at radius 1 is 1.22 bits per heavy atom. The Balaban J connectivity index is 2.80. The zero-order valence-corrected chi connectivity index (χ0v) is 15.1. The van der Waals surface area contributed by atoms with E-state index in [1.54, 1.807) is 11.9 Å². The molecule has 1 atom stereocenters. The highest BCUT2D eigenvalue weighted by Gasteiger charge is 2.21. The molecule has 0 heterocycles. The third-order valence-electron chi connectivity index (χ3n) is 4.19. The molecule has 0 bridgehead atoms. The van der Waals surface area contributed by atoms with Crippen LogP contribution in [-0.4, -0.2) is 41.4 Å². The quantitative estimate of drug-likeness (QED) is 0.871. The zero-order chi connectivity index (χ0) is 17.6. The topological polar surface area (TPSA) is 52.7 Å². The molecule has 0 unspecified atom stereocenters. The summed E-state index contributed by atoms with van der Waals surface area (Å²) in [5.41, 5.74) is 1.74. The van der Waals surface area contributed by atoms with Crippen LogP contribution >= 0.6 is 0 Å². The highest BCUT2D eigenvalue weighted by atomic mass is 16.2. The van der Waals surface area contributed by atoms with Crippen molar-refractivity contribution in [3.05, 3.63) is 29.8 Å². The Morgan fingerprint density at radius 3 is 2.39 bits per heavy atom. The minimum absolute atomic E-state index is 0.0161. The number of carbonyl (C=O) groups excluding carboxylic acids is 2. The predicted molar refractivity (Wildman–Crippen MR) is 94.3 cm³/mol. The van der Waals surface area contributed by atoms with Crippen molar-refractivity contribution in [2.45, 2.75) is 47.2 Å². The van der Waals surface area contributed by atoms with Gasteiger partial charge in [-0.3, -0.25) is 4.79 Å². The molecular weight excluding hydrogens is 290 g/mol. The molecule has 1 aromatic rings. The predicted octanol–water partition coefficient (Wildman–Crippen LogP) is 3.56. The van der Waals surface area contributed by atoms with Crippen LogP contribution in [0, 0.1) is 5.92 Å². The van der Waals surface area contributed by atoms with Gasteiger partial charge in [0.15, 0.2) is 0 Å². The van der Waals surface area contributed by atoms with E-state index < -0.39 is 0 Å². The number of hydrogen-bond acceptors (Lipinski definition) is 2. The van der Waals surface area contributed by atoms with Gasteiger partial charge < -0.3 is 15.1 Å². The van der Waals surface area contributed by atoms with E-state index in [0.29, 0.717) is 19.0 Å². The number of nitrogens with zero attached hydrogens (tertiary/aromatic N) is 2. The van der Waals surface area contributed by atoms with Crippen LogP contribution in [0.4, 0.5) is 10.5 Å². The number of carbonyl (C=O) groups is 2. The summed E-state index contributed by atoms with van der Waals surface area (Å²) in [6, 6.07) is 7.69. The van der Waals surface area contributed by atoms with Gasteiger partial charge in [0.1, 0.15) is 0 Å². The zero-order valence-electron chi connectivity index (χ0n) is 15.1. The fraction of sp³-hybridized carbons (Fsp3) is 0.556. The smallest absolute Gasteiger partial charge is 0.322 e. The third-order valence-corrected chi connectivity index (χ3v) is 4.19. The second-order valence-electron chi connectivity index (χ2n) is 6.28. The van der Waals surface area contributed by atoms with Gasteiger partial charge in [0.05, 0.1) is 0 Å². The van der Waals surface area contributed by atoms with Crippen LogP contribution in [0.15, 0.2) is 24.3 Å². The number of nitrogens with one attached hydrogen (secondary N) is 1. The SMILES string of the molecule is CCN(C(=O)Nc1cccc(CN(C)C(C)=O)c1)[C@@H](C)C(C)C. The molecule has 23 heavy (non-hydrogen) atoms. The maximum atomic E-state index is 12.5. The van der Waals surface area contributed by atoms with Gasteiger partial charge >= 0.3 is 6.03 Å². The monoisotopic (exact) mass is 319 g/mol. The van der Waals surface area contributed by atoms with E-state index in [0.717, 1.165) is 11.3 Å². The molecule has 0 saturated carbocycles. The van der Waals surface area contributed by atoms with Gasteiger partial charge in [-0.15, -0.1) is 0 Å². The van der Waals surface area contributed by atoms with Crippen LogP contribution < -0.4 is 5.32 Å². The van der Waals surface area contributed by atoms with Gasteiger partial charge in [-0.05, 0) is 37.5 Å². The number of rotatable bonds is 6. The number of hydrogen-bond donors (Lipinski definition) is 1. The van der Waals surface area contributed by atoms with Crippen LogP contribution in [0.2, 0.25) is 0 Å². The van der Waals surface area contributed by atoms with Crippen LogP contribution in [0.3, 0.4) is 0 Å². The average molecular weight is 319 g/mol. The summed E-state index contributed by atoms with van der Waals surface area (Å²) < 4.78 is 0. The molecule has 0 aliphatic heterocycles. The Kier molecular flexibility index (Phi) is 7.07. The first-order valence-corrected chi connectivity index (χ1v) is 8.14. The van der Waals surface area contributed by atoms with Gasteiger partial charge in [-0.1, -0.05) is 26.0 Å². The van der Waals surface area contributed by atoms with Crippen molar-refractivity contribution >= 4 is 17.6 Å². The first kappa shape index (κ1) is 19.0. The van der Waals surface area contributed by atoms with Crippen LogP contribution in [-0.2, 0) is 11.3 Å². The summed E-state index contributed by atoms with van der Waals surface area (Å²) in [7, 11) is 1.76. The number of urea groups is 1. The van der Waals surface area contributed by atoms with E-state index in [2.05, 4.69) is 26.1 Å². The largest absolute Gasteiger partial charge is 0.342 e. The summed E-state index contributed by atoms with van der Waals surface area (Å²) in [5.74, 6) is 0.415.